The van der Waals surface area contributed by atoms with Crippen molar-refractivity contribution < 1.29 is 17.4 Å². The number of sulfonamides is 1. The summed E-state index contributed by atoms with van der Waals surface area (Å²) in [6, 6.07) is 27.5. The van der Waals surface area contributed by atoms with Crippen LogP contribution in [0.2, 0.25) is 0 Å². The van der Waals surface area contributed by atoms with Crippen LogP contribution in [-0.2, 0) is 21.1 Å². The number of benzene rings is 3. The molecule has 2 N–H and O–H groups in total. The summed E-state index contributed by atoms with van der Waals surface area (Å²) in [5.74, 6) is 3.29. The molecule has 0 aliphatic carbocycles. The maximum Gasteiger partial charge on any atom is 0.241 e. The molecule has 0 saturated heterocycles. The van der Waals surface area contributed by atoms with Gasteiger partial charge in [-0.1, -0.05) is 89.9 Å². The molecule has 0 aliphatic rings. The molecule has 4 rings (SSSR count). The molecule has 1 aromatic heterocycles. The van der Waals surface area contributed by atoms with E-state index in [2.05, 4.69) is 9.81 Å². The normalized spacial score (nSPS) is 14.2. The predicted octanol–water partition coefficient (Wildman–Crippen LogP) is 7.92. The molecule has 0 atom stereocenters. The molecule has 10 heteroatoms. The van der Waals surface area contributed by atoms with Gasteiger partial charge < -0.3 is 9.50 Å². The minimum atomic E-state index is -3.87. The zero-order chi connectivity index (χ0) is 26.3. The number of halogens is 2. The SMILES string of the molecule is O=P(C=C(Cl)c1ccccc1)(C=C(Cl)c1ccccc1)Nc1cccc(S(=O)(=O)NCc2ccco2)c1. The Bertz CT molecular complexity index is 1500. The van der Waals surface area contributed by atoms with E-state index in [1.165, 1.54) is 30.0 Å². The monoisotopic (exact) mass is 572 g/mol. The molecule has 0 radical (unpaired) electrons. The van der Waals surface area contributed by atoms with Gasteiger partial charge in [0.25, 0.3) is 0 Å². The van der Waals surface area contributed by atoms with Crippen LogP contribution in [0.5, 0.6) is 0 Å². The van der Waals surface area contributed by atoms with Crippen LogP contribution in [0.25, 0.3) is 10.1 Å². The molecule has 190 valence electrons. The smallest absolute Gasteiger partial charge is 0.241 e. The Morgan fingerprint density at radius 3 is 1.95 bits per heavy atom. The van der Waals surface area contributed by atoms with Gasteiger partial charge in [0.1, 0.15) is 5.76 Å². The summed E-state index contributed by atoms with van der Waals surface area (Å²) in [6.07, 6.45) is 1.47. The fourth-order valence-corrected chi connectivity index (χ4v) is 7.26. The summed E-state index contributed by atoms with van der Waals surface area (Å²) in [7, 11) is -7.45. The van der Waals surface area contributed by atoms with Crippen molar-refractivity contribution in [3.05, 3.63) is 132 Å². The molecule has 37 heavy (non-hydrogen) atoms. The Morgan fingerprint density at radius 2 is 1.41 bits per heavy atom. The number of furan rings is 1. The fourth-order valence-electron chi connectivity index (χ4n) is 3.38. The summed E-state index contributed by atoms with van der Waals surface area (Å²) in [5, 5.41) is 3.48. The maximum atomic E-state index is 14.2. The Morgan fingerprint density at radius 1 is 0.811 bits per heavy atom. The minimum Gasteiger partial charge on any atom is -0.468 e. The van der Waals surface area contributed by atoms with E-state index in [4.69, 9.17) is 27.6 Å². The van der Waals surface area contributed by atoms with E-state index in [1.54, 1.807) is 48.5 Å². The summed E-state index contributed by atoms with van der Waals surface area (Å²) >= 11 is 13.1. The van der Waals surface area contributed by atoms with E-state index in [0.29, 0.717) is 22.6 Å². The summed E-state index contributed by atoms with van der Waals surface area (Å²) in [5.41, 5.74) is 1.66. The number of hydrogen-bond donors (Lipinski definition) is 2. The van der Waals surface area contributed by atoms with Gasteiger partial charge in [0.15, 0.2) is 0 Å². The van der Waals surface area contributed by atoms with Gasteiger partial charge in [-0.15, -0.1) is 0 Å². The number of rotatable bonds is 10. The zero-order valence-corrected chi connectivity index (χ0v) is 22.6. The molecule has 0 amide bonds. The molecular weight excluding hydrogens is 550 g/mol. The molecule has 0 spiro atoms. The fraction of sp³-hybridized carbons (Fsp3) is 0.0370. The van der Waals surface area contributed by atoms with Crippen LogP contribution in [0, 0.1) is 0 Å². The van der Waals surface area contributed by atoms with Gasteiger partial charge >= 0.3 is 0 Å². The Labute approximate surface area is 226 Å². The molecule has 3 aromatic carbocycles. The third kappa shape index (κ3) is 7.48. The third-order valence-electron chi connectivity index (χ3n) is 5.17. The van der Waals surface area contributed by atoms with E-state index >= 15 is 0 Å². The van der Waals surface area contributed by atoms with Crippen molar-refractivity contribution in [1.82, 2.24) is 4.72 Å². The lowest BCUT2D eigenvalue weighted by molar-refractivity contribution is 0.498. The summed E-state index contributed by atoms with van der Waals surface area (Å²) in [4.78, 5) is -0.00752. The van der Waals surface area contributed by atoms with Crippen molar-refractivity contribution in [3.63, 3.8) is 0 Å². The van der Waals surface area contributed by atoms with Crippen LogP contribution in [0.3, 0.4) is 0 Å². The van der Waals surface area contributed by atoms with Crippen molar-refractivity contribution >= 4 is 56.3 Å². The first-order valence-corrected chi connectivity index (χ1v) is 15.2. The molecule has 0 saturated carbocycles. The Hall–Kier alpha value is -3.06. The number of anilines is 1. The van der Waals surface area contributed by atoms with E-state index in [9.17, 15) is 13.0 Å². The average molecular weight is 573 g/mol. The number of nitrogens with one attached hydrogen (secondary N) is 2. The second-order valence-electron chi connectivity index (χ2n) is 7.94. The second kappa shape index (κ2) is 12.0. The lowest BCUT2D eigenvalue weighted by Gasteiger charge is -2.17. The second-order valence-corrected chi connectivity index (χ2v) is 12.7. The summed E-state index contributed by atoms with van der Waals surface area (Å²) in [6.45, 7) is -0.00365. The van der Waals surface area contributed by atoms with E-state index in [-0.39, 0.29) is 21.5 Å². The predicted molar refractivity (Wildman–Crippen MR) is 151 cm³/mol. The van der Waals surface area contributed by atoms with Gasteiger partial charge in [0, 0.05) is 17.3 Å². The first-order chi connectivity index (χ1) is 17.7. The topological polar surface area (TPSA) is 88.4 Å². The largest absolute Gasteiger partial charge is 0.468 e. The van der Waals surface area contributed by atoms with Crippen molar-refractivity contribution in [2.24, 2.45) is 0 Å². The quantitative estimate of drug-likeness (QED) is 0.188. The Balaban J connectivity index is 1.67. The van der Waals surface area contributed by atoms with E-state index in [0.717, 1.165) is 0 Å². The number of hydrogen-bond acceptors (Lipinski definition) is 4. The average Bonchev–Trinajstić information content (AvgIpc) is 3.42. The van der Waals surface area contributed by atoms with Crippen molar-refractivity contribution in [2.45, 2.75) is 11.4 Å². The van der Waals surface area contributed by atoms with Gasteiger partial charge in [0.05, 0.1) is 27.8 Å². The van der Waals surface area contributed by atoms with Crippen LogP contribution in [-0.4, -0.2) is 8.42 Å². The van der Waals surface area contributed by atoms with E-state index < -0.39 is 17.3 Å². The first-order valence-electron chi connectivity index (χ1n) is 11.1. The maximum absolute atomic E-state index is 14.2. The van der Waals surface area contributed by atoms with Crippen molar-refractivity contribution in [1.29, 1.82) is 0 Å². The molecule has 0 unspecified atom stereocenters. The van der Waals surface area contributed by atoms with Crippen LogP contribution < -0.4 is 9.81 Å². The van der Waals surface area contributed by atoms with Crippen LogP contribution in [0.1, 0.15) is 16.9 Å². The van der Waals surface area contributed by atoms with Gasteiger partial charge in [-0.05, 0) is 41.5 Å². The zero-order valence-electron chi connectivity index (χ0n) is 19.4. The van der Waals surface area contributed by atoms with Crippen LogP contribution in [0.15, 0.2) is 124 Å². The van der Waals surface area contributed by atoms with Gasteiger partial charge in [0.2, 0.25) is 17.3 Å². The molecule has 1 heterocycles. The van der Waals surface area contributed by atoms with Crippen molar-refractivity contribution in [3.8, 4) is 0 Å². The highest BCUT2D eigenvalue weighted by Gasteiger charge is 2.21. The molecule has 0 fully saturated rings. The highest BCUT2D eigenvalue weighted by molar-refractivity contribution is 7.89. The minimum absolute atomic E-state index is 0.00365. The molecule has 0 aliphatic heterocycles. The lowest BCUT2D eigenvalue weighted by Crippen LogP contribution is -2.23. The van der Waals surface area contributed by atoms with Gasteiger partial charge in [-0.2, -0.15) is 0 Å². The highest BCUT2D eigenvalue weighted by Crippen LogP contribution is 2.53. The van der Waals surface area contributed by atoms with Crippen molar-refractivity contribution in [2.75, 3.05) is 5.09 Å². The third-order valence-corrected chi connectivity index (χ3v) is 9.42. The molecule has 6 nitrogen and oxygen atoms in total. The molecule has 4 aromatic rings. The van der Waals surface area contributed by atoms with Crippen LogP contribution >= 0.6 is 30.5 Å². The van der Waals surface area contributed by atoms with Gasteiger partial charge in [-0.25, -0.2) is 13.1 Å². The van der Waals surface area contributed by atoms with Crippen LogP contribution in [0.4, 0.5) is 5.69 Å². The Kier molecular flexibility index (Phi) is 8.75. The van der Waals surface area contributed by atoms with E-state index in [1.807, 2.05) is 36.4 Å². The highest BCUT2D eigenvalue weighted by atomic mass is 35.5. The summed E-state index contributed by atoms with van der Waals surface area (Å²) < 4.78 is 47.6. The standard InChI is InChI=1S/C27H23Cl2N2O4PS/c28-26(21-9-3-1-4-10-21)19-36(32,20-27(29)22-11-5-2-6-12-22)31-23-13-7-15-25(17-23)37(33,34)30-18-24-14-8-16-35-24/h1-17,19-20,30H,18H2,(H,31,32). The molecular formula is C27H23Cl2N2O4PS. The first kappa shape index (κ1) is 27.0. The van der Waals surface area contributed by atoms with Gasteiger partial charge in [-0.3, -0.25) is 4.57 Å². The lowest BCUT2D eigenvalue weighted by atomic mass is 10.2. The molecule has 0 bridgehead atoms.